The first-order chi connectivity index (χ1) is 18.2. The molecule has 0 atom stereocenters. The lowest BCUT2D eigenvalue weighted by molar-refractivity contribution is -0.137. The van der Waals surface area contributed by atoms with Crippen molar-refractivity contribution in [2.45, 2.75) is 19.0 Å². The predicted octanol–water partition coefficient (Wildman–Crippen LogP) is 3.91. The fourth-order valence-electron chi connectivity index (χ4n) is 4.58. The highest BCUT2D eigenvalue weighted by molar-refractivity contribution is 5.88. The first kappa shape index (κ1) is 25.6. The van der Waals surface area contributed by atoms with Crippen LogP contribution in [0, 0.1) is 5.82 Å². The van der Waals surface area contributed by atoms with Gasteiger partial charge in [0.05, 0.1) is 30.0 Å². The van der Waals surface area contributed by atoms with Crippen LogP contribution in [0.2, 0.25) is 0 Å². The third-order valence-electron chi connectivity index (χ3n) is 6.48. The lowest BCUT2D eigenvalue weighted by Gasteiger charge is -2.28. The number of aromatic carboxylic acids is 1. The van der Waals surface area contributed by atoms with Gasteiger partial charge in [0, 0.05) is 50.0 Å². The molecule has 3 aromatic rings. The number of carboxylic acid groups (broad SMARTS) is 1. The summed E-state index contributed by atoms with van der Waals surface area (Å²) in [5.74, 6) is -1.61. The van der Waals surface area contributed by atoms with Crippen LogP contribution in [-0.4, -0.2) is 65.4 Å². The van der Waals surface area contributed by atoms with E-state index in [-0.39, 0.29) is 24.6 Å². The number of anilines is 4. The number of alkyl halides is 3. The van der Waals surface area contributed by atoms with Gasteiger partial charge in [-0.25, -0.2) is 19.2 Å². The first-order valence-corrected chi connectivity index (χ1v) is 12.0. The minimum absolute atomic E-state index is 0.144. The molecule has 2 aliphatic rings. The molecule has 1 aromatic carbocycles. The molecule has 4 heterocycles. The van der Waals surface area contributed by atoms with Crippen molar-refractivity contribution in [3.63, 3.8) is 0 Å². The van der Waals surface area contributed by atoms with Crippen LogP contribution < -0.4 is 15.1 Å². The van der Waals surface area contributed by atoms with E-state index in [0.29, 0.717) is 62.2 Å². The third kappa shape index (κ3) is 5.32. The van der Waals surface area contributed by atoms with Gasteiger partial charge in [0.2, 0.25) is 5.95 Å². The zero-order chi connectivity index (χ0) is 26.9. The monoisotopic (exact) mass is 532 g/mol. The number of carboxylic acids is 1. The minimum Gasteiger partial charge on any atom is -0.478 e. The van der Waals surface area contributed by atoms with Crippen LogP contribution in [0.25, 0.3) is 0 Å². The molecule has 5 rings (SSSR count). The van der Waals surface area contributed by atoms with Gasteiger partial charge in [-0.05, 0) is 36.8 Å². The number of ether oxygens (including phenoxy) is 1. The molecule has 2 N–H and O–H groups in total. The van der Waals surface area contributed by atoms with E-state index >= 15 is 0 Å². The van der Waals surface area contributed by atoms with Gasteiger partial charge in [-0.15, -0.1) is 0 Å². The Morgan fingerprint density at radius 2 is 1.79 bits per heavy atom. The number of aromatic nitrogens is 3. The van der Waals surface area contributed by atoms with Crippen LogP contribution in [0.5, 0.6) is 0 Å². The molecule has 0 unspecified atom stereocenters. The number of hydrogen-bond donors (Lipinski definition) is 2. The summed E-state index contributed by atoms with van der Waals surface area (Å²) in [5, 5.41) is 12.2. The van der Waals surface area contributed by atoms with E-state index in [1.165, 1.54) is 18.3 Å². The van der Waals surface area contributed by atoms with E-state index in [4.69, 9.17) is 14.8 Å². The van der Waals surface area contributed by atoms with Gasteiger partial charge < -0.3 is 25.0 Å². The van der Waals surface area contributed by atoms with E-state index in [2.05, 4.69) is 15.3 Å². The highest BCUT2D eigenvalue weighted by Crippen LogP contribution is 2.36. The Balaban J connectivity index is 1.50. The highest BCUT2D eigenvalue weighted by Gasteiger charge is 2.36. The summed E-state index contributed by atoms with van der Waals surface area (Å²) >= 11 is 0. The van der Waals surface area contributed by atoms with Gasteiger partial charge in [-0.3, -0.25) is 0 Å². The van der Waals surface area contributed by atoms with Crippen LogP contribution in [0.4, 0.5) is 40.8 Å². The second kappa shape index (κ2) is 10.4. The first-order valence-electron chi connectivity index (χ1n) is 12.0. The normalized spacial score (nSPS) is 16.1. The fourth-order valence-corrected chi connectivity index (χ4v) is 4.58. The summed E-state index contributed by atoms with van der Waals surface area (Å²) in [6.07, 6.45) is -2.57. The molecule has 2 aliphatic heterocycles. The average molecular weight is 532 g/mol. The molecular formula is C25H24F4N6O3. The largest absolute Gasteiger partial charge is 0.478 e. The number of benzene rings is 1. The van der Waals surface area contributed by atoms with Gasteiger partial charge in [0.25, 0.3) is 0 Å². The summed E-state index contributed by atoms with van der Waals surface area (Å²) < 4.78 is 60.8. The number of carbonyl (C=O) groups is 1. The molecule has 13 heteroatoms. The summed E-state index contributed by atoms with van der Waals surface area (Å²) in [5.41, 5.74) is 0.373. The molecule has 2 aromatic heterocycles. The lowest BCUT2D eigenvalue weighted by atomic mass is 10.1. The summed E-state index contributed by atoms with van der Waals surface area (Å²) in [6, 6.07) is 5.93. The molecule has 9 nitrogen and oxygen atoms in total. The van der Waals surface area contributed by atoms with Crippen LogP contribution >= 0.6 is 0 Å². The second-order valence-electron chi connectivity index (χ2n) is 8.88. The molecule has 0 bridgehead atoms. The maximum Gasteiger partial charge on any atom is 0.419 e. The predicted molar refractivity (Wildman–Crippen MR) is 131 cm³/mol. The third-order valence-corrected chi connectivity index (χ3v) is 6.48. The van der Waals surface area contributed by atoms with Gasteiger partial charge in [0.15, 0.2) is 0 Å². The van der Waals surface area contributed by atoms with E-state index in [9.17, 15) is 22.4 Å². The molecule has 0 spiro atoms. The molecule has 0 amide bonds. The van der Waals surface area contributed by atoms with E-state index in [0.717, 1.165) is 18.2 Å². The number of halogens is 4. The van der Waals surface area contributed by atoms with Gasteiger partial charge >= 0.3 is 12.1 Å². The fraction of sp³-hybridized carbons (Fsp3) is 0.360. The zero-order valence-corrected chi connectivity index (χ0v) is 20.1. The Hall–Kier alpha value is -4.00. The zero-order valence-electron chi connectivity index (χ0n) is 20.1. The molecule has 0 radical (unpaired) electrons. The topological polar surface area (TPSA) is 104 Å². The molecular weight excluding hydrogens is 508 g/mol. The molecule has 200 valence electrons. The Bertz CT molecular complexity index is 1350. The summed E-state index contributed by atoms with van der Waals surface area (Å²) in [4.78, 5) is 28.2. The van der Waals surface area contributed by atoms with Crippen molar-refractivity contribution < 1.29 is 32.2 Å². The molecule has 1 fully saturated rings. The number of nitrogens with zero attached hydrogens (tertiary/aromatic N) is 5. The Kier molecular flexibility index (Phi) is 7.02. The van der Waals surface area contributed by atoms with Crippen molar-refractivity contribution in [1.29, 1.82) is 0 Å². The standard InChI is InChI=1S/C25H24F4N6O3/c26-19-14-15(3-4-16(19)23(36)37)31-21-17-5-8-34(22-18(25(27,28)29)2-1-7-30-22)9-6-20(17)32-24(33-21)35-10-12-38-13-11-35/h1-4,7,14H,5-6,8-13H2,(H,36,37)(H,31,32,33). The average Bonchev–Trinajstić information content (AvgIpc) is 3.11. The number of rotatable bonds is 5. The maximum absolute atomic E-state index is 14.4. The van der Waals surface area contributed by atoms with E-state index < -0.39 is 29.1 Å². The van der Waals surface area contributed by atoms with Gasteiger partial charge in [-0.2, -0.15) is 18.2 Å². The number of pyridine rings is 1. The maximum atomic E-state index is 14.4. The quantitative estimate of drug-likeness (QED) is 0.474. The van der Waals surface area contributed by atoms with Gasteiger partial charge in [0.1, 0.15) is 17.5 Å². The van der Waals surface area contributed by atoms with Crippen molar-refractivity contribution in [2.24, 2.45) is 0 Å². The molecule has 1 saturated heterocycles. The Labute approximate surface area is 215 Å². The number of fused-ring (bicyclic) bond motifs is 1. The second-order valence-corrected chi connectivity index (χ2v) is 8.88. The number of nitrogens with one attached hydrogen (secondary N) is 1. The summed E-state index contributed by atoms with van der Waals surface area (Å²) in [6.45, 7) is 2.62. The number of morpholine rings is 1. The molecule has 38 heavy (non-hydrogen) atoms. The van der Waals surface area contributed by atoms with Crippen LogP contribution in [0.15, 0.2) is 36.5 Å². The SMILES string of the molecule is O=C(O)c1ccc(Nc2nc(N3CCOCC3)nc3c2CCN(c2ncccc2C(F)(F)F)CC3)cc1F. The minimum atomic E-state index is -4.55. The smallest absolute Gasteiger partial charge is 0.419 e. The lowest BCUT2D eigenvalue weighted by Crippen LogP contribution is -2.37. The molecule has 0 aliphatic carbocycles. The van der Waals surface area contributed by atoms with Crippen LogP contribution in [-0.2, 0) is 23.8 Å². The molecule has 0 saturated carbocycles. The van der Waals surface area contributed by atoms with E-state index in [1.54, 1.807) is 4.90 Å². The van der Waals surface area contributed by atoms with Crippen molar-refractivity contribution in [3.8, 4) is 0 Å². The van der Waals surface area contributed by atoms with E-state index in [1.807, 2.05) is 4.90 Å². The Morgan fingerprint density at radius 1 is 1.03 bits per heavy atom. The van der Waals surface area contributed by atoms with Crippen molar-refractivity contribution >= 4 is 29.2 Å². The van der Waals surface area contributed by atoms with Gasteiger partial charge in [-0.1, -0.05) is 0 Å². The van der Waals surface area contributed by atoms with Crippen LogP contribution in [0.1, 0.15) is 27.2 Å². The number of hydrogen-bond acceptors (Lipinski definition) is 8. The highest BCUT2D eigenvalue weighted by atomic mass is 19.4. The van der Waals surface area contributed by atoms with Crippen molar-refractivity contribution in [3.05, 3.63) is 64.7 Å². The Morgan fingerprint density at radius 3 is 2.50 bits per heavy atom. The van der Waals surface area contributed by atoms with Crippen LogP contribution in [0.3, 0.4) is 0 Å². The van der Waals surface area contributed by atoms with Crippen molar-refractivity contribution in [2.75, 3.05) is 54.5 Å². The van der Waals surface area contributed by atoms with Crippen molar-refractivity contribution in [1.82, 2.24) is 15.0 Å². The summed E-state index contributed by atoms with van der Waals surface area (Å²) in [7, 11) is 0.